The van der Waals surface area contributed by atoms with Crippen molar-refractivity contribution in [2.24, 2.45) is 11.5 Å². The van der Waals surface area contributed by atoms with E-state index in [1.807, 2.05) is 30.3 Å². The van der Waals surface area contributed by atoms with E-state index in [4.69, 9.17) is 11.5 Å². The number of benzene rings is 2. The molecule has 0 aromatic heterocycles. The number of nitrogens with two attached hydrogens (primary N) is 2. The normalized spacial score (nSPS) is 13.8. The maximum atomic E-state index is 13.1. The van der Waals surface area contributed by atoms with Gasteiger partial charge >= 0.3 is 0 Å². The molecule has 0 heterocycles. The molecule has 7 nitrogen and oxygen atoms in total. The highest BCUT2D eigenvalue weighted by atomic mass is 19.1. The Bertz CT molecular complexity index is 841. The lowest BCUT2D eigenvalue weighted by atomic mass is 10.0. The molecule has 0 saturated carbocycles. The minimum atomic E-state index is -1.00. The number of amides is 3. The molecule has 0 spiro atoms. The molecule has 3 amide bonds. The first-order chi connectivity index (χ1) is 13.8. The second-order valence-electron chi connectivity index (χ2n) is 6.83. The molecular formula is C21H25FN4O3. The zero-order valence-corrected chi connectivity index (χ0v) is 16.1. The standard InChI is InChI=1S/C21H25FN4O3/c1-13(23)20(28)26-18(12-15-7-9-16(22)10-8-15)21(29)25-17(19(24)27)11-14-5-3-2-4-6-14/h2-10,13,17-18H,11-12,23H2,1H3,(H2,24,27)(H,25,29)(H,26,28)/t13-,17+,18+/m1/s1. The molecule has 2 aromatic carbocycles. The number of rotatable bonds is 9. The molecule has 0 aliphatic rings. The molecule has 6 N–H and O–H groups in total. The van der Waals surface area contributed by atoms with E-state index in [0.717, 1.165) is 5.56 Å². The minimum Gasteiger partial charge on any atom is -0.368 e. The predicted molar refractivity (Wildman–Crippen MR) is 107 cm³/mol. The van der Waals surface area contributed by atoms with E-state index in [1.165, 1.54) is 31.2 Å². The smallest absolute Gasteiger partial charge is 0.243 e. The lowest BCUT2D eigenvalue weighted by Crippen LogP contribution is -2.56. The van der Waals surface area contributed by atoms with Gasteiger partial charge in [0.05, 0.1) is 6.04 Å². The van der Waals surface area contributed by atoms with Crippen LogP contribution in [0.4, 0.5) is 4.39 Å². The lowest BCUT2D eigenvalue weighted by molar-refractivity contribution is -0.131. The summed E-state index contributed by atoms with van der Waals surface area (Å²) in [6.07, 6.45) is 0.313. The summed E-state index contributed by atoms with van der Waals surface area (Å²) in [5.41, 5.74) is 12.5. The van der Waals surface area contributed by atoms with Gasteiger partial charge in [-0.05, 0) is 30.2 Å². The average Bonchev–Trinajstić information content (AvgIpc) is 2.69. The molecule has 0 aliphatic heterocycles. The van der Waals surface area contributed by atoms with Crippen molar-refractivity contribution in [3.63, 3.8) is 0 Å². The van der Waals surface area contributed by atoms with Crippen molar-refractivity contribution in [2.45, 2.75) is 37.9 Å². The van der Waals surface area contributed by atoms with Crippen molar-refractivity contribution >= 4 is 17.7 Å². The van der Waals surface area contributed by atoms with E-state index in [1.54, 1.807) is 0 Å². The average molecular weight is 400 g/mol. The monoisotopic (exact) mass is 400 g/mol. The van der Waals surface area contributed by atoms with Crippen LogP contribution in [-0.2, 0) is 27.2 Å². The summed E-state index contributed by atoms with van der Waals surface area (Å²) in [7, 11) is 0. The SMILES string of the molecule is C[C@@H](N)C(=O)N[C@@H](Cc1ccc(F)cc1)C(=O)N[C@@H](Cc1ccccc1)C(N)=O. The zero-order chi connectivity index (χ0) is 21.4. The number of halogens is 1. The van der Waals surface area contributed by atoms with Crippen LogP contribution in [0.5, 0.6) is 0 Å². The van der Waals surface area contributed by atoms with Crippen LogP contribution in [-0.4, -0.2) is 35.8 Å². The van der Waals surface area contributed by atoms with Gasteiger partial charge < -0.3 is 22.1 Å². The van der Waals surface area contributed by atoms with Gasteiger partial charge in [-0.1, -0.05) is 42.5 Å². The van der Waals surface area contributed by atoms with Gasteiger partial charge in [0.15, 0.2) is 0 Å². The fraction of sp³-hybridized carbons (Fsp3) is 0.286. The Balaban J connectivity index is 2.15. The Morgan fingerprint density at radius 1 is 0.862 bits per heavy atom. The van der Waals surface area contributed by atoms with Gasteiger partial charge in [-0.15, -0.1) is 0 Å². The van der Waals surface area contributed by atoms with Crippen LogP contribution in [0.25, 0.3) is 0 Å². The third-order valence-corrected chi connectivity index (χ3v) is 4.34. The van der Waals surface area contributed by atoms with E-state index in [0.29, 0.717) is 5.56 Å². The highest BCUT2D eigenvalue weighted by Crippen LogP contribution is 2.08. The molecule has 0 bridgehead atoms. The molecule has 2 aromatic rings. The summed E-state index contributed by atoms with van der Waals surface area (Å²) in [6, 6.07) is 11.9. The number of primary amides is 1. The first kappa shape index (κ1) is 22.0. The van der Waals surface area contributed by atoms with Crippen molar-refractivity contribution in [3.8, 4) is 0 Å². The van der Waals surface area contributed by atoms with Crippen LogP contribution in [0.15, 0.2) is 54.6 Å². The van der Waals surface area contributed by atoms with E-state index >= 15 is 0 Å². The van der Waals surface area contributed by atoms with E-state index in [2.05, 4.69) is 10.6 Å². The third kappa shape index (κ3) is 7.00. The molecule has 2 rings (SSSR count). The van der Waals surface area contributed by atoms with Crippen molar-refractivity contribution < 1.29 is 18.8 Å². The maximum absolute atomic E-state index is 13.1. The largest absolute Gasteiger partial charge is 0.368 e. The van der Waals surface area contributed by atoms with Gasteiger partial charge in [0, 0.05) is 12.8 Å². The Morgan fingerprint density at radius 3 is 1.93 bits per heavy atom. The van der Waals surface area contributed by atoms with Gasteiger partial charge in [0.1, 0.15) is 17.9 Å². The minimum absolute atomic E-state index is 0.0986. The van der Waals surface area contributed by atoms with Crippen molar-refractivity contribution in [2.75, 3.05) is 0 Å². The van der Waals surface area contributed by atoms with E-state index in [9.17, 15) is 18.8 Å². The fourth-order valence-corrected chi connectivity index (χ4v) is 2.71. The van der Waals surface area contributed by atoms with Crippen LogP contribution in [0.3, 0.4) is 0 Å². The van der Waals surface area contributed by atoms with Crippen molar-refractivity contribution in [3.05, 3.63) is 71.5 Å². The second-order valence-corrected chi connectivity index (χ2v) is 6.83. The number of hydrogen-bond donors (Lipinski definition) is 4. The first-order valence-electron chi connectivity index (χ1n) is 9.20. The molecule has 0 radical (unpaired) electrons. The van der Waals surface area contributed by atoms with Gasteiger partial charge in [0.25, 0.3) is 0 Å². The molecular weight excluding hydrogens is 375 g/mol. The Kier molecular flexibility index (Phi) is 7.85. The van der Waals surface area contributed by atoms with Gasteiger partial charge in [-0.25, -0.2) is 4.39 Å². The number of carbonyl (C=O) groups excluding carboxylic acids is 3. The molecule has 0 saturated heterocycles. The van der Waals surface area contributed by atoms with Crippen LogP contribution in [0, 0.1) is 5.82 Å². The molecule has 0 unspecified atom stereocenters. The molecule has 0 aliphatic carbocycles. The van der Waals surface area contributed by atoms with E-state index < -0.39 is 41.7 Å². The predicted octanol–water partition coefficient (Wildman–Crippen LogP) is 0.413. The van der Waals surface area contributed by atoms with E-state index in [-0.39, 0.29) is 12.8 Å². The molecule has 29 heavy (non-hydrogen) atoms. The molecule has 8 heteroatoms. The van der Waals surface area contributed by atoms with Crippen LogP contribution < -0.4 is 22.1 Å². The van der Waals surface area contributed by atoms with Gasteiger partial charge in [-0.2, -0.15) is 0 Å². The summed E-state index contributed by atoms with van der Waals surface area (Å²) in [6.45, 7) is 1.49. The topological polar surface area (TPSA) is 127 Å². The summed E-state index contributed by atoms with van der Waals surface area (Å²) in [5.74, 6) is -2.21. The molecule has 3 atom stereocenters. The number of hydrogen-bond acceptors (Lipinski definition) is 4. The summed E-state index contributed by atoms with van der Waals surface area (Å²) < 4.78 is 13.1. The zero-order valence-electron chi connectivity index (χ0n) is 16.1. The molecule has 154 valence electrons. The van der Waals surface area contributed by atoms with Crippen molar-refractivity contribution in [1.82, 2.24) is 10.6 Å². The summed E-state index contributed by atoms with van der Waals surface area (Å²) >= 11 is 0. The Labute approximate surface area is 168 Å². The molecule has 0 fully saturated rings. The quantitative estimate of drug-likeness (QED) is 0.486. The number of nitrogens with one attached hydrogen (secondary N) is 2. The van der Waals surface area contributed by atoms with Crippen LogP contribution in [0.2, 0.25) is 0 Å². The summed E-state index contributed by atoms with van der Waals surface area (Å²) in [4.78, 5) is 36.7. The summed E-state index contributed by atoms with van der Waals surface area (Å²) in [5, 5.41) is 5.16. The second kappa shape index (κ2) is 10.3. The Hall–Kier alpha value is -3.26. The highest BCUT2D eigenvalue weighted by Gasteiger charge is 2.27. The van der Waals surface area contributed by atoms with Crippen molar-refractivity contribution in [1.29, 1.82) is 0 Å². The maximum Gasteiger partial charge on any atom is 0.243 e. The van der Waals surface area contributed by atoms with Gasteiger partial charge in [0.2, 0.25) is 17.7 Å². The fourth-order valence-electron chi connectivity index (χ4n) is 2.71. The van der Waals surface area contributed by atoms with Gasteiger partial charge in [-0.3, -0.25) is 14.4 Å². The highest BCUT2D eigenvalue weighted by molar-refractivity contribution is 5.92. The van der Waals surface area contributed by atoms with Crippen LogP contribution in [0.1, 0.15) is 18.1 Å². The lowest BCUT2D eigenvalue weighted by Gasteiger charge is -2.23. The Morgan fingerprint density at radius 2 is 1.38 bits per heavy atom. The first-order valence-corrected chi connectivity index (χ1v) is 9.20. The third-order valence-electron chi connectivity index (χ3n) is 4.34. The number of carbonyl (C=O) groups is 3. The van der Waals surface area contributed by atoms with Crippen LogP contribution >= 0.6 is 0 Å².